The summed E-state index contributed by atoms with van der Waals surface area (Å²) in [4.78, 5) is 24.0. The largest absolute Gasteiger partial charge is 0.478 e. The standard InChI is InChI=1S/C17H13Cl2NO4S/c1-20-14-5-3-10(17(22)23)8-11(14)16(21)15(25(20)24)7-9-2-4-12(18)13(19)6-9/h2-6,8,15H,7H2,1H3,(H,22,23). The van der Waals surface area contributed by atoms with Gasteiger partial charge in [-0.05, 0) is 42.3 Å². The number of carbonyl (C=O) groups is 2. The van der Waals surface area contributed by atoms with E-state index in [9.17, 15) is 13.8 Å². The molecule has 0 amide bonds. The van der Waals surface area contributed by atoms with Crippen molar-refractivity contribution in [2.75, 3.05) is 11.4 Å². The Labute approximate surface area is 156 Å². The van der Waals surface area contributed by atoms with E-state index in [1.807, 2.05) is 0 Å². The third kappa shape index (κ3) is 3.29. The number of Topliss-reactive ketones (excluding diaryl/α,β-unsaturated/α-hetero) is 1. The van der Waals surface area contributed by atoms with Gasteiger partial charge in [-0.1, -0.05) is 29.3 Å². The second-order valence-corrected chi connectivity index (χ2v) is 8.10. The highest BCUT2D eigenvalue weighted by molar-refractivity contribution is 7.88. The molecule has 5 nitrogen and oxygen atoms in total. The lowest BCUT2D eigenvalue weighted by Crippen LogP contribution is -2.42. The minimum atomic E-state index is -1.58. The molecule has 25 heavy (non-hydrogen) atoms. The van der Waals surface area contributed by atoms with E-state index in [-0.39, 0.29) is 23.3 Å². The zero-order chi connectivity index (χ0) is 18.3. The predicted octanol–water partition coefficient (Wildman–Crippen LogP) is 3.60. The van der Waals surface area contributed by atoms with E-state index < -0.39 is 22.2 Å². The van der Waals surface area contributed by atoms with Gasteiger partial charge in [0.2, 0.25) is 0 Å². The SMILES string of the molecule is CN1c2ccc(C(=O)O)cc2C(=O)C(Cc2ccc(Cl)c(Cl)c2)S1=O. The van der Waals surface area contributed by atoms with Crippen LogP contribution in [0.4, 0.5) is 5.69 Å². The van der Waals surface area contributed by atoms with Crippen LogP contribution in [0.3, 0.4) is 0 Å². The summed E-state index contributed by atoms with van der Waals surface area (Å²) in [6, 6.07) is 9.20. The van der Waals surface area contributed by atoms with Gasteiger partial charge in [0, 0.05) is 12.6 Å². The summed E-state index contributed by atoms with van der Waals surface area (Å²) >= 11 is 11.9. The summed E-state index contributed by atoms with van der Waals surface area (Å²) < 4.78 is 14.2. The van der Waals surface area contributed by atoms with Crippen molar-refractivity contribution in [3.05, 3.63) is 63.1 Å². The maximum Gasteiger partial charge on any atom is 0.335 e. The first-order valence-electron chi connectivity index (χ1n) is 7.29. The van der Waals surface area contributed by atoms with Gasteiger partial charge in [-0.15, -0.1) is 0 Å². The first kappa shape index (κ1) is 17.9. The fourth-order valence-corrected chi connectivity index (χ4v) is 4.44. The minimum Gasteiger partial charge on any atom is -0.478 e. The molecule has 2 aromatic carbocycles. The molecule has 0 saturated carbocycles. The van der Waals surface area contributed by atoms with Crippen LogP contribution in [-0.4, -0.2) is 33.4 Å². The Kier molecular flexibility index (Phi) is 4.86. The van der Waals surface area contributed by atoms with Gasteiger partial charge in [-0.3, -0.25) is 9.10 Å². The lowest BCUT2D eigenvalue weighted by molar-refractivity contribution is 0.0697. The molecular formula is C17H13Cl2NO4S. The van der Waals surface area contributed by atoms with Gasteiger partial charge in [0.05, 0.1) is 21.3 Å². The van der Waals surface area contributed by atoms with Crippen LogP contribution in [0.2, 0.25) is 10.0 Å². The maximum absolute atomic E-state index is 12.8. The Balaban J connectivity index is 2.00. The lowest BCUT2D eigenvalue weighted by Gasteiger charge is -2.31. The monoisotopic (exact) mass is 397 g/mol. The highest BCUT2D eigenvalue weighted by Gasteiger charge is 2.37. The molecule has 2 unspecified atom stereocenters. The van der Waals surface area contributed by atoms with Crippen molar-refractivity contribution >= 4 is 51.6 Å². The highest BCUT2D eigenvalue weighted by Crippen LogP contribution is 2.32. The van der Waals surface area contributed by atoms with E-state index in [1.54, 1.807) is 25.2 Å². The van der Waals surface area contributed by atoms with Crippen LogP contribution >= 0.6 is 23.2 Å². The Morgan fingerprint density at radius 2 is 1.92 bits per heavy atom. The molecule has 130 valence electrons. The molecule has 0 fully saturated rings. The average molecular weight is 398 g/mol. The number of halogens is 2. The van der Waals surface area contributed by atoms with E-state index >= 15 is 0 Å². The number of benzene rings is 2. The van der Waals surface area contributed by atoms with Crippen LogP contribution in [0.1, 0.15) is 26.3 Å². The van der Waals surface area contributed by atoms with Crippen LogP contribution < -0.4 is 4.31 Å². The summed E-state index contributed by atoms with van der Waals surface area (Å²) in [5.41, 5.74) is 1.46. The van der Waals surface area contributed by atoms with E-state index in [4.69, 9.17) is 28.3 Å². The van der Waals surface area contributed by atoms with Gasteiger partial charge in [-0.25, -0.2) is 9.00 Å². The number of ketones is 1. The molecule has 0 saturated heterocycles. The molecule has 2 aromatic rings. The smallest absolute Gasteiger partial charge is 0.335 e. The van der Waals surface area contributed by atoms with Crippen LogP contribution in [0.5, 0.6) is 0 Å². The molecule has 1 aliphatic heterocycles. The van der Waals surface area contributed by atoms with Gasteiger partial charge in [0.25, 0.3) is 0 Å². The quantitative estimate of drug-likeness (QED) is 0.858. The Morgan fingerprint density at radius 3 is 2.56 bits per heavy atom. The van der Waals surface area contributed by atoms with Crippen LogP contribution in [0.25, 0.3) is 0 Å². The fraction of sp³-hybridized carbons (Fsp3) is 0.176. The number of hydrogen-bond donors (Lipinski definition) is 1. The molecule has 0 aromatic heterocycles. The van der Waals surface area contributed by atoms with Crippen LogP contribution in [0.15, 0.2) is 36.4 Å². The molecule has 0 bridgehead atoms. The van der Waals surface area contributed by atoms with Crippen molar-refractivity contribution in [1.82, 2.24) is 0 Å². The van der Waals surface area contributed by atoms with Gasteiger partial charge in [0.1, 0.15) is 16.2 Å². The summed E-state index contributed by atoms with van der Waals surface area (Å²) in [6.45, 7) is 0. The predicted molar refractivity (Wildman–Crippen MR) is 98.2 cm³/mol. The number of carboxylic acids is 1. The molecule has 0 radical (unpaired) electrons. The number of anilines is 1. The van der Waals surface area contributed by atoms with E-state index in [1.165, 1.54) is 22.5 Å². The van der Waals surface area contributed by atoms with Crippen LogP contribution in [0, 0.1) is 0 Å². The van der Waals surface area contributed by atoms with Crippen molar-refractivity contribution in [2.45, 2.75) is 11.7 Å². The van der Waals surface area contributed by atoms with Crippen molar-refractivity contribution in [1.29, 1.82) is 0 Å². The zero-order valence-corrected chi connectivity index (χ0v) is 15.4. The molecule has 1 N–H and O–H groups in total. The maximum atomic E-state index is 12.8. The normalized spacial score (nSPS) is 19.6. The fourth-order valence-electron chi connectivity index (χ4n) is 2.74. The minimum absolute atomic E-state index is 0.0152. The van der Waals surface area contributed by atoms with Crippen molar-refractivity contribution in [3.8, 4) is 0 Å². The molecule has 8 heteroatoms. The summed E-state index contributed by atoms with van der Waals surface area (Å²) in [5, 5.41) is 9.07. The lowest BCUT2D eigenvalue weighted by atomic mass is 9.98. The highest BCUT2D eigenvalue weighted by atomic mass is 35.5. The number of rotatable bonds is 3. The number of fused-ring (bicyclic) bond motifs is 1. The van der Waals surface area contributed by atoms with E-state index in [0.29, 0.717) is 15.7 Å². The molecule has 0 aliphatic carbocycles. The number of nitrogens with zero attached hydrogens (tertiary/aromatic N) is 1. The number of aromatic carboxylic acids is 1. The molecular weight excluding hydrogens is 385 g/mol. The number of hydrogen-bond acceptors (Lipinski definition) is 3. The van der Waals surface area contributed by atoms with Gasteiger partial charge in [0.15, 0.2) is 5.78 Å². The average Bonchev–Trinajstić information content (AvgIpc) is 2.59. The van der Waals surface area contributed by atoms with Gasteiger partial charge in [-0.2, -0.15) is 0 Å². The summed E-state index contributed by atoms with van der Waals surface area (Å²) in [5.74, 6) is -1.47. The topological polar surface area (TPSA) is 74.7 Å². The van der Waals surface area contributed by atoms with E-state index in [0.717, 1.165) is 5.56 Å². The summed E-state index contributed by atoms with van der Waals surface area (Å²) in [6.07, 6.45) is 0.212. The third-order valence-electron chi connectivity index (χ3n) is 4.06. The van der Waals surface area contributed by atoms with Crippen molar-refractivity contribution in [3.63, 3.8) is 0 Å². The first-order valence-corrected chi connectivity index (χ1v) is 9.22. The Bertz CT molecular complexity index is 916. The van der Waals surface area contributed by atoms with Crippen molar-refractivity contribution < 1.29 is 18.9 Å². The summed E-state index contributed by atoms with van der Waals surface area (Å²) in [7, 11) is 0.0311. The first-order chi connectivity index (χ1) is 11.8. The number of carbonyl (C=O) groups excluding carboxylic acids is 1. The van der Waals surface area contributed by atoms with Crippen molar-refractivity contribution in [2.24, 2.45) is 0 Å². The van der Waals surface area contributed by atoms with Gasteiger partial charge >= 0.3 is 5.97 Å². The molecule has 1 heterocycles. The van der Waals surface area contributed by atoms with Gasteiger partial charge < -0.3 is 5.11 Å². The van der Waals surface area contributed by atoms with Crippen LogP contribution in [-0.2, 0) is 17.4 Å². The number of carboxylic acid groups (broad SMARTS) is 1. The van der Waals surface area contributed by atoms with E-state index in [2.05, 4.69) is 0 Å². The Morgan fingerprint density at radius 1 is 1.20 bits per heavy atom. The second kappa shape index (κ2) is 6.78. The zero-order valence-electron chi connectivity index (χ0n) is 13.0. The Hall–Kier alpha value is -1.89. The third-order valence-corrected chi connectivity index (χ3v) is 6.40. The second-order valence-electron chi connectivity index (χ2n) is 5.62. The molecule has 0 spiro atoms. The molecule has 2 atom stereocenters. The molecule has 1 aliphatic rings. The molecule has 3 rings (SSSR count).